The van der Waals surface area contributed by atoms with Gasteiger partial charge in [0, 0.05) is 23.8 Å². The van der Waals surface area contributed by atoms with Crippen molar-refractivity contribution in [1.82, 2.24) is 4.90 Å². The largest absolute Gasteiger partial charge is 0.466 e. The van der Waals surface area contributed by atoms with Crippen LogP contribution in [-0.4, -0.2) is 62.8 Å². The summed E-state index contributed by atoms with van der Waals surface area (Å²) < 4.78 is 13.7. The standard InChI is InChI=1S/C10H19NO2.2C5H8O2/c1-5-11(6-2)7-8-13-10(12)9(3)4;1-4(2)5(6)7-3;1-3-5(6)7-4-2/h3,5-8H2,1-2,4H3;1H2,2-3H3;3H,1,4H2,2H3. The van der Waals surface area contributed by atoms with Crippen molar-refractivity contribution < 1.29 is 28.6 Å². The molecular formula is C20H35NO6. The quantitative estimate of drug-likeness (QED) is 0.343. The van der Waals surface area contributed by atoms with Crippen LogP contribution in [0.4, 0.5) is 0 Å². The van der Waals surface area contributed by atoms with Gasteiger partial charge in [0.1, 0.15) is 6.61 Å². The van der Waals surface area contributed by atoms with Gasteiger partial charge in [-0.1, -0.05) is 33.6 Å². The summed E-state index contributed by atoms with van der Waals surface area (Å²) in [5.74, 6) is -1.00. The van der Waals surface area contributed by atoms with Crippen molar-refractivity contribution in [3.05, 3.63) is 37.0 Å². The van der Waals surface area contributed by atoms with E-state index in [0.717, 1.165) is 25.7 Å². The van der Waals surface area contributed by atoms with Gasteiger partial charge in [-0.2, -0.15) is 0 Å². The van der Waals surface area contributed by atoms with Crippen molar-refractivity contribution in [2.45, 2.75) is 34.6 Å². The Morgan fingerprint density at radius 1 is 0.926 bits per heavy atom. The second kappa shape index (κ2) is 19.9. The number of rotatable bonds is 9. The molecule has 0 amide bonds. The van der Waals surface area contributed by atoms with E-state index < -0.39 is 0 Å². The van der Waals surface area contributed by atoms with Crippen LogP contribution in [0.25, 0.3) is 0 Å². The Morgan fingerprint density at radius 3 is 1.63 bits per heavy atom. The molecule has 0 bridgehead atoms. The van der Waals surface area contributed by atoms with Crippen LogP contribution in [0.15, 0.2) is 37.0 Å². The lowest BCUT2D eigenvalue weighted by Crippen LogP contribution is -2.27. The summed E-state index contributed by atoms with van der Waals surface area (Å²) in [6.07, 6.45) is 1.14. The van der Waals surface area contributed by atoms with Crippen molar-refractivity contribution in [2.75, 3.05) is 40.0 Å². The first-order valence-corrected chi connectivity index (χ1v) is 8.68. The van der Waals surface area contributed by atoms with Crippen LogP contribution < -0.4 is 0 Å². The molecule has 27 heavy (non-hydrogen) atoms. The average Bonchev–Trinajstić information content (AvgIpc) is 2.65. The molecule has 0 N–H and O–H groups in total. The Hall–Kier alpha value is -2.41. The third kappa shape index (κ3) is 21.5. The van der Waals surface area contributed by atoms with Crippen molar-refractivity contribution >= 4 is 17.9 Å². The lowest BCUT2D eigenvalue weighted by molar-refractivity contribution is -0.139. The number of likely N-dealkylation sites (N-methyl/N-ethyl adjacent to an activating group) is 1. The molecule has 0 aliphatic heterocycles. The zero-order chi connectivity index (χ0) is 21.8. The molecule has 156 valence electrons. The topological polar surface area (TPSA) is 82.1 Å². The van der Waals surface area contributed by atoms with Gasteiger partial charge in [-0.05, 0) is 33.9 Å². The molecule has 0 saturated carbocycles. The van der Waals surface area contributed by atoms with Crippen LogP contribution in [-0.2, 0) is 28.6 Å². The second-order valence-corrected chi connectivity index (χ2v) is 5.17. The highest BCUT2D eigenvalue weighted by atomic mass is 16.5. The zero-order valence-corrected chi connectivity index (χ0v) is 17.6. The average molecular weight is 386 g/mol. The molecule has 7 nitrogen and oxygen atoms in total. The van der Waals surface area contributed by atoms with Crippen LogP contribution in [0.5, 0.6) is 0 Å². The van der Waals surface area contributed by atoms with Gasteiger partial charge in [-0.3, -0.25) is 0 Å². The summed E-state index contributed by atoms with van der Waals surface area (Å²) in [5.41, 5.74) is 0.891. The molecule has 0 fully saturated rings. The number of hydrogen-bond acceptors (Lipinski definition) is 7. The van der Waals surface area contributed by atoms with Crippen molar-refractivity contribution in [3.63, 3.8) is 0 Å². The molecule has 0 atom stereocenters. The molecule has 0 saturated heterocycles. The second-order valence-electron chi connectivity index (χ2n) is 5.17. The maximum atomic E-state index is 11.0. The summed E-state index contributed by atoms with van der Waals surface area (Å²) in [6.45, 7) is 22.9. The number of nitrogens with zero attached hydrogens (tertiary/aromatic N) is 1. The van der Waals surface area contributed by atoms with Gasteiger partial charge >= 0.3 is 17.9 Å². The number of carbonyl (C=O) groups is 3. The van der Waals surface area contributed by atoms with Crippen LogP contribution in [0.3, 0.4) is 0 Å². The molecular weight excluding hydrogens is 350 g/mol. The van der Waals surface area contributed by atoms with E-state index in [9.17, 15) is 14.4 Å². The summed E-state index contributed by atoms with van der Waals surface area (Å²) in [6, 6.07) is 0. The van der Waals surface area contributed by atoms with E-state index in [4.69, 9.17) is 4.74 Å². The fourth-order valence-electron chi connectivity index (χ4n) is 1.31. The van der Waals surface area contributed by atoms with Gasteiger partial charge in [-0.25, -0.2) is 14.4 Å². The van der Waals surface area contributed by atoms with Crippen molar-refractivity contribution in [1.29, 1.82) is 0 Å². The predicted molar refractivity (Wildman–Crippen MR) is 107 cm³/mol. The van der Waals surface area contributed by atoms with Gasteiger partial charge in [0.25, 0.3) is 0 Å². The molecule has 0 unspecified atom stereocenters. The molecule has 0 radical (unpaired) electrons. The van der Waals surface area contributed by atoms with Gasteiger partial charge in [0.05, 0.1) is 13.7 Å². The van der Waals surface area contributed by atoms with E-state index in [0.29, 0.717) is 24.4 Å². The smallest absolute Gasteiger partial charge is 0.333 e. The first-order chi connectivity index (χ1) is 12.6. The SMILES string of the molecule is C=C(C)C(=O)OC.C=C(C)C(=O)OCCN(CC)CC.C=CC(=O)OCC. The highest BCUT2D eigenvalue weighted by Gasteiger charge is 2.04. The lowest BCUT2D eigenvalue weighted by Gasteiger charge is -2.17. The van der Waals surface area contributed by atoms with Gasteiger partial charge in [0.2, 0.25) is 0 Å². The molecule has 0 spiro atoms. The minimum atomic E-state index is -0.359. The lowest BCUT2D eigenvalue weighted by atomic mass is 10.4. The summed E-state index contributed by atoms with van der Waals surface area (Å²) in [4.78, 5) is 33.4. The molecule has 0 aliphatic rings. The minimum Gasteiger partial charge on any atom is -0.466 e. The number of esters is 3. The van der Waals surface area contributed by atoms with Crippen LogP contribution >= 0.6 is 0 Å². The number of methoxy groups -OCH3 is 1. The fraction of sp³-hybridized carbons (Fsp3) is 0.550. The first kappa shape index (κ1) is 29.4. The Balaban J connectivity index is -0.000000350. The fourth-order valence-corrected chi connectivity index (χ4v) is 1.31. The number of hydrogen-bond donors (Lipinski definition) is 0. The third-order valence-electron chi connectivity index (χ3n) is 2.87. The van der Waals surface area contributed by atoms with Crippen LogP contribution in [0.1, 0.15) is 34.6 Å². The monoisotopic (exact) mass is 385 g/mol. The molecule has 0 aromatic rings. The van der Waals surface area contributed by atoms with E-state index >= 15 is 0 Å². The van der Waals surface area contributed by atoms with Crippen LogP contribution in [0, 0.1) is 0 Å². The molecule has 0 rings (SSSR count). The number of carbonyl (C=O) groups excluding carboxylic acids is 3. The van der Waals surface area contributed by atoms with Gasteiger partial charge < -0.3 is 19.1 Å². The van der Waals surface area contributed by atoms with E-state index in [1.54, 1.807) is 20.8 Å². The van der Waals surface area contributed by atoms with E-state index in [-0.39, 0.29) is 17.9 Å². The maximum absolute atomic E-state index is 11.0. The first-order valence-electron chi connectivity index (χ1n) is 8.68. The Bertz CT molecular complexity index is 479. The molecule has 0 aromatic heterocycles. The van der Waals surface area contributed by atoms with Crippen molar-refractivity contribution in [3.8, 4) is 0 Å². The molecule has 0 aromatic carbocycles. The van der Waals surface area contributed by atoms with E-state index in [2.05, 4.69) is 48.0 Å². The summed E-state index contributed by atoms with van der Waals surface area (Å²) in [5, 5.41) is 0. The van der Waals surface area contributed by atoms with E-state index in [1.807, 2.05) is 0 Å². The molecule has 0 heterocycles. The van der Waals surface area contributed by atoms with Crippen molar-refractivity contribution in [2.24, 2.45) is 0 Å². The normalized spacial score (nSPS) is 8.85. The molecule has 0 aliphatic carbocycles. The zero-order valence-electron chi connectivity index (χ0n) is 17.6. The van der Waals surface area contributed by atoms with Gasteiger partial charge in [-0.15, -0.1) is 0 Å². The highest BCUT2D eigenvalue weighted by molar-refractivity contribution is 5.87. The minimum absolute atomic E-state index is 0.299. The van der Waals surface area contributed by atoms with E-state index in [1.165, 1.54) is 7.11 Å². The third-order valence-corrected chi connectivity index (χ3v) is 2.87. The Labute approximate surface area is 163 Å². The predicted octanol–water partition coefficient (Wildman–Crippen LogP) is 2.92. The van der Waals surface area contributed by atoms with Gasteiger partial charge in [0.15, 0.2) is 0 Å². The highest BCUT2D eigenvalue weighted by Crippen LogP contribution is 1.93. The summed E-state index contributed by atoms with van der Waals surface area (Å²) >= 11 is 0. The summed E-state index contributed by atoms with van der Waals surface area (Å²) in [7, 11) is 1.33. The number of ether oxygens (including phenoxy) is 3. The Morgan fingerprint density at radius 2 is 1.41 bits per heavy atom. The van der Waals surface area contributed by atoms with Crippen LogP contribution in [0.2, 0.25) is 0 Å². The Kier molecular flexibility index (Phi) is 21.6. The molecule has 7 heteroatoms. The maximum Gasteiger partial charge on any atom is 0.333 e.